The fourth-order valence-electron chi connectivity index (χ4n) is 2.06. The quantitative estimate of drug-likeness (QED) is 0.779. The summed E-state index contributed by atoms with van der Waals surface area (Å²) >= 11 is 3.45. The van der Waals surface area contributed by atoms with E-state index >= 15 is 0 Å². The largest absolute Gasteiger partial charge is 0.307 e. The Morgan fingerprint density at radius 3 is 2.73 bits per heavy atom. The number of nitrogens with zero attached hydrogens (tertiary/aromatic N) is 3. The van der Waals surface area contributed by atoms with E-state index in [9.17, 15) is 4.79 Å². The molecule has 22 heavy (non-hydrogen) atoms. The van der Waals surface area contributed by atoms with Gasteiger partial charge in [0.1, 0.15) is 5.82 Å². The minimum absolute atomic E-state index is 0.182. The standard InChI is InChI=1S/C16H13BrN4O/c17-14-3-1-2-12(10-14)11-21-15(6-9-19-21)20-16(22)13-4-7-18-8-5-13/h1-10H,11H2,(H,20,22). The van der Waals surface area contributed by atoms with Crippen LogP contribution in [0.2, 0.25) is 0 Å². The number of amides is 1. The Morgan fingerprint density at radius 2 is 1.95 bits per heavy atom. The number of hydrogen-bond donors (Lipinski definition) is 1. The van der Waals surface area contributed by atoms with E-state index in [-0.39, 0.29) is 5.91 Å². The molecule has 6 heteroatoms. The van der Waals surface area contributed by atoms with Crippen molar-refractivity contribution in [3.8, 4) is 0 Å². The van der Waals surface area contributed by atoms with Gasteiger partial charge in [-0.05, 0) is 29.8 Å². The number of aromatic nitrogens is 3. The molecule has 0 spiro atoms. The molecule has 5 nitrogen and oxygen atoms in total. The first-order valence-electron chi connectivity index (χ1n) is 6.70. The second-order valence-electron chi connectivity index (χ2n) is 4.69. The molecule has 110 valence electrons. The van der Waals surface area contributed by atoms with Gasteiger partial charge in [-0.15, -0.1) is 0 Å². The van der Waals surface area contributed by atoms with Gasteiger partial charge < -0.3 is 5.32 Å². The first-order chi connectivity index (χ1) is 10.7. The Hall–Kier alpha value is -2.47. The highest BCUT2D eigenvalue weighted by Crippen LogP contribution is 2.15. The van der Waals surface area contributed by atoms with Crippen molar-refractivity contribution in [2.75, 3.05) is 5.32 Å². The Labute approximate surface area is 136 Å². The lowest BCUT2D eigenvalue weighted by Gasteiger charge is -2.09. The van der Waals surface area contributed by atoms with Gasteiger partial charge in [0.05, 0.1) is 12.7 Å². The summed E-state index contributed by atoms with van der Waals surface area (Å²) in [5.74, 6) is 0.472. The number of anilines is 1. The van der Waals surface area contributed by atoms with Crippen LogP contribution in [0.15, 0.2) is 65.5 Å². The van der Waals surface area contributed by atoms with Gasteiger partial charge in [0, 0.05) is 28.5 Å². The molecule has 3 rings (SSSR count). The number of pyridine rings is 1. The molecule has 0 aliphatic heterocycles. The van der Waals surface area contributed by atoms with E-state index in [0.29, 0.717) is 17.9 Å². The summed E-state index contributed by atoms with van der Waals surface area (Å²) in [4.78, 5) is 16.1. The van der Waals surface area contributed by atoms with E-state index in [1.54, 1.807) is 41.5 Å². The predicted octanol–water partition coefficient (Wildman–Crippen LogP) is 3.34. The van der Waals surface area contributed by atoms with Gasteiger partial charge >= 0.3 is 0 Å². The molecular weight excluding hydrogens is 344 g/mol. The number of halogens is 1. The number of nitrogens with one attached hydrogen (secondary N) is 1. The summed E-state index contributed by atoms with van der Waals surface area (Å²) in [5.41, 5.74) is 1.66. The Balaban J connectivity index is 1.76. The smallest absolute Gasteiger partial charge is 0.256 e. The van der Waals surface area contributed by atoms with Crippen molar-refractivity contribution < 1.29 is 4.79 Å². The van der Waals surface area contributed by atoms with Crippen LogP contribution in [0.5, 0.6) is 0 Å². The molecule has 0 radical (unpaired) electrons. The fraction of sp³-hybridized carbons (Fsp3) is 0.0625. The molecule has 2 aromatic heterocycles. The van der Waals surface area contributed by atoms with Crippen molar-refractivity contribution in [2.45, 2.75) is 6.54 Å². The van der Waals surface area contributed by atoms with Crippen LogP contribution < -0.4 is 5.32 Å². The van der Waals surface area contributed by atoms with Crippen LogP contribution in [0.3, 0.4) is 0 Å². The highest BCUT2D eigenvalue weighted by molar-refractivity contribution is 9.10. The van der Waals surface area contributed by atoms with Crippen molar-refractivity contribution in [3.63, 3.8) is 0 Å². The first kappa shape index (κ1) is 14.5. The summed E-state index contributed by atoms with van der Waals surface area (Å²) in [7, 11) is 0. The van der Waals surface area contributed by atoms with Crippen LogP contribution in [0.25, 0.3) is 0 Å². The average Bonchev–Trinajstić information content (AvgIpc) is 2.95. The fourth-order valence-corrected chi connectivity index (χ4v) is 2.51. The Bertz CT molecular complexity index is 786. The van der Waals surface area contributed by atoms with Gasteiger partial charge in [0.2, 0.25) is 0 Å². The average molecular weight is 357 g/mol. The van der Waals surface area contributed by atoms with Crippen molar-refractivity contribution in [2.24, 2.45) is 0 Å². The van der Waals surface area contributed by atoms with E-state index in [4.69, 9.17) is 0 Å². The Morgan fingerprint density at radius 1 is 1.14 bits per heavy atom. The van der Waals surface area contributed by atoms with Gasteiger partial charge in [0.15, 0.2) is 0 Å². The topological polar surface area (TPSA) is 59.8 Å². The van der Waals surface area contributed by atoms with Crippen LogP contribution in [-0.4, -0.2) is 20.7 Å². The minimum Gasteiger partial charge on any atom is -0.307 e. The number of rotatable bonds is 4. The zero-order valence-electron chi connectivity index (χ0n) is 11.6. The van der Waals surface area contributed by atoms with E-state index in [1.807, 2.05) is 24.3 Å². The lowest BCUT2D eigenvalue weighted by molar-refractivity contribution is 0.102. The third-order valence-corrected chi connectivity index (χ3v) is 3.62. The molecule has 0 bridgehead atoms. The van der Waals surface area contributed by atoms with Crippen molar-refractivity contribution in [3.05, 3.63) is 76.7 Å². The summed E-state index contributed by atoms with van der Waals surface area (Å²) in [5, 5.41) is 7.13. The first-order valence-corrected chi connectivity index (χ1v) is 7.49. The molecule has 0 aliphatic rings. The molecule has 1 aromatic carbocycles. The third-order valence-electron chi connectivity index (χ3n) is 3.12. The lowest BCUT2D eigenvalue weighted by Crippen LogP contribution is -2.16. The van der Waals surface area contributed by atoms with E-state index in [2.05, 4.69) is 31.3 Å². The third kappa shape index (κ3) is 3.40. The molecule has 0 unspecified atom stereocenters. The second kappa shape index (κ2) is 6.53. The Kier molecular flexibility index (Phi) is 4.29. The second-order valence-corrected chi connectivity index (χ2v) is 5.61. The maximum atomic E-state index is 12.2. The van der Waals surface area contributed by atoms with Crippen LogP contribution >= 0.6 is 15.9 Å². The molecule has 0 saturated heterocycles. The number of hydrogen-bond acceptors (Lipinski definition) is 3. The molecular formula is C16H13BrN4O. The number of carbonyl (C=O) groups is 1. The SMILES string of the molecule is O=C(Nc1ccnn1Cc1cccc(Br)c1)c1ccncc1. The van der Waals surface area contributed by atoms with Crippen LogP contribution in [0.1, 0.15) is 15.9 Å². The highest BCUT2D eigenvalue weighted by Gasteiger charge is 2.09. The van der Waals surface area contributed by atoms with Crippen molar-refractivity contribution in [1.29, 1.82) is 0 Å². The van der Waals surface area contributed by atoms with Gasteiger partial charge in [-0.25, -0.2) is 4.68 Å². The molecule has 0 aliphatic carbocycles. The molecule has 1 amide bonds. The summed E-state index contributed by atoms with van der Waals surface area (Å²) in [6, 6.07) is 13.1. The van der Waals surface area contributed by atoms with Crippen LogP contribution in [0.4, 0.5) is 5.82 Å². The zero-order chi connectivity index (χ0) is 15.4. The van der Waals surface area contributed by atoms with Gasteiger partial charge in [-0.3, -0.25) is 9.78 Å². The molecule has 2 heterocycles. The summed E-state index contributed by atoms with van der Waals surface area (Å²) in [6.45, 7) is 0.582. The lowest BCUT2D eigenvalue weighted by atomic mass is 10.2. The number of benzene rings is 1. The molecule has 0 saturated carbocycles. The van der Waals surface area contributed by atoms with Crippen molar-refractivity contribution >= 4 is 27.7 Å². The molecule has 0 atom stereocenters. The highest BCUT2D eigenvalue weighted by atomic mass is 79.9. The minimum atomic E-state index is -0.182. The van der Waals surface area contributed by atoms with Crippen LogP contribution in [-0.2, 0) is 6.54 Å². The summed E-state index contributed by atoms with van der Waals surface area (Å²) in [6.07, 6.45) is 4.85. The van der Waals surface area contributed by atoms with E-state index < -0.39 is 0 Å². The number of carbonyl (C=O) groups excluding carboxylic acids is 1. The normalized spacial score (nSPS) is 10.4. The van der Waals surface area contributed by atoms with Gasteiger partial charge in [-0.2, -0.15) is 5.10 Å². The molecule has 1 N–H and O–H groups in total. The van der Waals surface area contributed by atoms with Gasteiger partial charge in [-0.1, -0.05) is 28.1 Å². The maximum Gasteiger partial charge on any atom is 0.256 e. The molecule has 3 aromatic rings. The predicted molar refractivity (Wildman–Crippen MR) is 87.7 cm³/mol. The van der Waals surface area contributed by atoms with Crippen LogP contribution in [0, 0.1) is 0 Å². The van der Waals surface area contributed by atoms with E-state index in [1.165, 1.54) is 0 Å². The van der Waals surface area contributed by atoms with E-state index in [0.717, 1.165) is 10.0 Å². The monoisotopic (exact) mass is 356 g/mol. The van der Waals surface area contributed by atoms with Crippen molar-refractivity contribution in [1.82, 2.24) is 14.8 Å². The zero-order valence-corrected chi connectivity index (χ0v) is 13.2. The maximum absolute atomic E-state index is 12.2. The van der Waals surface area contributed by atoms with Gasteiger partial charge in [0.25, 0.3) is 5.91 Å². The molecule has 0 fully saturated rings. The summed E-state index contributed by atoms with van der Waals surface area (Å²) < 4.78 is 2.76.